The molecule has 4 N–H and O–H groups in total. The fourth-order valence-corrected chi connectivity index (χ4v) is 5.41. The Kier molecular flexibility index (Phi) is 4.45. The first-order chi connectivity index (χ1) is 16.5. The minimum Gasteiger partial charge on any atom is -0.507 e. The minimum absolute atomic E-state index is 0.133. The Morgan fingerprint density at radius 2 is 1.76 bits per heavy atom. The van der Waals surface area contributed by atoms with Crippen molar-refractivity contribution >= 4 is 45.0 Å². The lowest BCUT2D eigenvalue weighted by Crippen LogP contribution is -2.39. The number of aromatic nitrogens is 1. The summed E-state index contributed by atoms with van der Waals surface area (Å²) in [5.41, 5.74) is 10.4. The number of ether oxygens (including phenoxy) is 1. The van der Waals surface area contributed by atoms with Gasteiger partial charge in [-0.25, -0.2) is 4.79 Å². The molecule has 2 aliphatic rings. The molecule has 8 nitrogen and oxygen atoms in total. The normalized spacial score (nSPS) is 15.0. The monoisotopic (exact) mass is 456 g/mol. The minimum atomic E-state index is -0.468. The first-order valence-electron chi connectivity index (χ1n) is 11.3. The molecule has 0 saturated heterocycles. The number of rotatable bonds is 2. The molecule has 8 heteroatoms. The number of nitrogens with one attached hydrogen (secondary N) is 1. The number of aromatic amines is 1. The van der Waals surface area contributed by atoms with Crippen LogP contribution in [0.15, 0.2) is 42.5 Å². The van der Waals surface area contributed by atoms with Crippen LogP contribution in [0.25, 0.3) is 21.7 Å². The number of urea groups is 1. The maximum absolute atomic E-state index is 13.6. The van der Waals surface area contributed by atoms with Gasteiger partial charge < -0.3 is 25.5 Å². The zero-order valence-corrected chi connectivity index (χ0v) is 18.7. The number of amides is 3. The largest absolute Gasteiger partial charge is 0.507 e. The van der Waals surface area contributed by atoms with E-state index in [0.717, 1.165) is 51.3 Å². The van der Waals surface area contributed by atoms with Gasteiger partial charge in [0.25, 0.3) is 5.91 Å². The molecule has 0 aliphatic carbocycles. The second-order valence-corrected chi connectivity index (χ2v) is 8.81. The van der Waals surface area contributed by atoms with E-state index >= 15 is 0 Å². The molecule has 3 aromatic carbocycles. The van der Waals surface area contributed by atoms with Crippen molar-refractivity contribution in [3.05, 3.63) is 59.3 Å². The molecule has 3 amide bonds. The second-order valence-electron chi connectivity index (χ2n) is 8.81. The van der Waals surface area contributed by atoms with Crippen molar-refractivity contribution in [3.8, 4) is 11.5 Å². The smallest absolute Gasteiger partial charge is 0.319 e. The number of methoxy groups -OCH3 is 1. The van der Waals surface area contributed by atoms with Gasteiger partial charge in [-0.05, 0) is 72.2 Å². The Bertz CT molecular complexity index is 1510. The highest BCUT2D eigenvalue weighted by Gasteiger charge is 2.30. The Labute approximate surface area is 195 Å². The summed E-state index contributed by atoms with van der Waals surface area (Å²) in [6.07, 6.45) is 2.32. The summed E-state index contributed by atoms with van der Waals surface area (Å²) in [5, 5.41) is 13.2. The molecule has 0 fully saturated rings. The zero-order chi connectivity index (χ0) is 23.6. The summed E-state index contributed by atoms with van der Waals surface area (Å²) in [5.74, 6) is 0.678. The third-order valence-corrected chi connectivity index (χ3v) is 7.02. The van der Waals surface area contributed by atoms with E-state index in [1.807, 2.05) is 36.4 Å². The predicted octanol–water partition coefficient (Wildman–Crippen LogP) is 4.07. The van der Waals surface area contributed by atoms with Crippen molar-refractivity contribution in [3.63, 3.8) is 0 Å². The van der Waals surface area contributed by atoms with E-state index < -0.39 is 6.03 Å². The number of phenols is 1. The van der Waals surface area contributed by atoms with Gasteiger partial charge in [0.15, 0.2) is 0 Å². The first kappa shape index (κ1) is 20.4. The Hall–Kier alpha value is -4.20. The van der Waals surface area contributed by atoms with Crippen molar-refractivity contribution < 1.29 is 19.4 Å². The number of hydrogen-bond donors (Lipinski definition) is 3. The molecular weight excluding hydrogens is 432 g/mol. The van der Waals surface area contributed by atoms with Crippen LogP contribution in [0.2, 0.25) is 0 Å². The highest BCUT2D eigenvalue weighted by Crippen LogP contribution is 2.42. The first-order valence-corrected chi connectivity index (χ1v) is 11.3. The van der Waals surface area contributed by atoms with E-state index in [0.29, 0.717) is 36.6 Å². The third-order valence-electron chi connectivity index (χ3n) is 7.02. The van der Waals surface area contributed by atoms with Gasteiger partial charge in [0.2, 0.25) is 0 Å². The van der Waals surface area contributed by atoms with Gasteiger partial charge in [-0.15, -0.1) is 0 Å². The van der Waals surface area contributed by atoms with Crippen LogP contribution >= 0.6 is 0 Å². The summed E-state index contributed by atoms with van der Waals surface area (Å²) in [4.78, 5) is 32.0. The number of H-pyrrole nitrogens is 1. The Morgan fingerprint density at radius 1 is 0.941 bits per heavy atom. The molecule has 34 heavy (non-hydrogen) atoms. The van der Waals surface area contributed by atoms with Crippen molar-refractivity contribution in [2.24, 2.45) is 5.73 Å². The van der Waals surface area contributed by atoms with Crippen molar-refractivity contribution in [1.82, 2.24) is 4.98 Å². The molecule has 0 bridgehead atoms. The van der Waals surface area contributed by atoms with Gasteiger partial charge in [0.05, 0.1) is 12.8 Å². The maximum Gasteiger partial charge on any atom is 0.319 e. The Morgan fingerprint density at radius 3 is 2.56 bits per heavy atom. The Balaban J connectivity index is 1.42. The third kappa shape index (κ3) is 2.91. The number of fused-ring (bicyclic) bond motifs is 6. The van der Waals surface area contributed by atoms with E-state index in [1.165, 1.54) is 0 Å². The van der Waals surface area contributed by atoms with E-state index in [1.54, 1.807) is 23.0 Å². The average Bonchev–Trinajstić information content (AvgIpc) is 3.47. The summed E-state index contributed by atoms with van der Waals surface area (Å²) in [7, 11) is 1.61. The second kappa shape index (κ2) is 7.41. The van der Waals surface area contributed by atoms with E-state index in [2.05, 4.69) is 4.98 Å². The van der Waals surface area contributed by atoms with E-state index in [4.69, 9.17) is 10.5 Å². The molecule has 0 unspecified atom stereocenters. The quantitative estimate of drug-likeness (QED) is 0.422. The molecule has 0 radical (unpaired) electrons. The van der Waals surface area contributed by atoms with E-state index in [9.17, 15) is 14.7 Å². The summed E-state index contributed by atoms with van der Waals surface area (Å²) in [6.45, 7) is 1.11. The molecule has 1 aromatic heterocycles. The number of aromatic hydroxyl groups is 1. The van der Waals surface area contributed by atoms with Crippen LogP contribution in [0.5, 0.6) is 11.5 Å². The van der Waals surface area contributed by atoms with E-state index in [-0.39, 0.29) is 11.7 Å². The molecule has 4 aromatic rings. The molecule has 172 valence electrons. The van der Waals surface area contributed by atoms with Gasteiger partial charge in [0, 0.05) is 41.1 Å². The van der Waals surface area contributed by atoms with Gasteiger partial charge in [0.1, 0.15) is 17.2 Å². The van der Waals surface area contributed by atoms with Crippen molar-refractivity contribution in [2.75, 3.05) is 30.0 Å². The van der Waals surface area contributed by atoms with Gasteiger partial charge >= 0.3 is 6.03 Å². The van der Waals surface area contributed by atoms with Crippen LogP contribution in [-0.4, -0.2) is 42.2 Å². The number of carbonyl (C=O) groups is 2. The number of carbonyl (C=O) groups excluding carboxylic acids is 2. The highest BCUT2D eigenvalue weighted by molar-refractivity contribution is 6.11. The number of hydrogen-bond acceptors (Lipinski definition) is 4. The summed E-state index contributed by atoms with van der Waals surface area (Å²) in [6, 6.07) is 12.4. The fourth-order valence-electron chi connectivity index (χ4n) is 5.41. The molecule has 3 heterocycles. The average molecular weight is 457 g/mol. The van der Waals surface area contributed by atoms with Crippen LogP contribution in [0.3, 0.4) is 0 Å². The molecule has 0 saturated carbocycles. The number of nitrogens with zero attached hydrogens (tertiary/aromatic N) is 2. The zero-order valence-electron chi connectivity index (χ0n) is 18.7. The number of anilines is 2. The van der Waals surface area contributed by atoms with Crippen molar-refractivity contribution in [1.29, 1.82) is 0 Å². The lowest BCUT2D eigenvalue weighted by molar-refractivity contribution is 0.0985. The number of benzene rings is 3. The molecule has 2 aliphatic heterocycles. The van der Waals surface area contributed by atoms with Gasteiger partial charge in [-0.2, -0.15) is 0 Å². The number of phenolic OH excluding ortho intramolecular Hbond substituents is 1. The number of aryl methyl sites for hydroxylation is 1. The van der Waals surface area contributed by atoms with Crippen molar-refractivity contribution in [2.45, 2.75) is 19.3 Å². The van der Waals surface area contributed by atoms with Crippen LogP contribution in [-0.2, 0) is 12.8 Å². The SMILES string of the molecule is COc1ccc2c(O)cc3c(c2c1)CCN3C(=O)c1cc2c3c(ccc2[nH]1)N(C(N)=O)CCC3. The maximum atomic E-state index is 13.6. The summed E-state index contributed by atoms with van der Waals surface area (Å²) >= 11 is 0. The fraction of sp³-hybridized carbons (Fsp3) is 0.231. The van der Waals surface area contributed by atoms with Gasteiger partial charge in [-0.1, -0.05) is 0 Å². The topological polar surface area (TPSA) is 112 Å². The van der Waals surface area contributed by atoms with Crippen LogP contribution in [0, 0.1) is 0 Å². The molecular formula is C26H24N4O4. The van der Waals surface area contributed by atoms with Crippen LogP contribution < -0.4 is 20.3 Å². The molecule has 0 spiro atoms. The predicted molar refractivity (Wildman–Crippen MR) is 131 cm³/mol. The molecule has 6 rings (SSSR count). The molecule has 0 atom stereocenters. The van der Waals surface area contributed by atoms with Gasteiger partial charge in [-0.3, -0.25) is 9.69 Å². The van der Waals surface area contributed by atoms with Crippen LogP contribution in [0.4, 0.5) is 16.2 Å². The lowest BCUT2D eigenvalue weighted by atomic mass is 9.98. The number of nitrogens with two attached hydrogens (primary N) is 1. The summed E-state index contributed by atoms with van der Waals surface area (Å²) < 4.78 is 5.37. The number of primary amides is 1. The highest BCUT2D eigenvalue weighted by atomic mass is 16.5. The standard InChI is InChI=1S/C26H24N4O4/c1-34-14-4-5-17-18(11-14)16-8-10-29(23(16)13-24(17)31)25(32)21-12-19-15-3-2-9-30(26(27)33)22(15)7-6-20(19)28-21/h4-7,11-13,28,31H,2-3,8-10H2,1H3,(H2,27,33). The lowest BCUT2D eigenvalue weighted by Gasteiger charge is -2.28. The van der Waals surface area contributed by atoms with Crippen LogP contribution in [0.1, 0.15) is 28.0 Å².